The monoisotopic (exact) mass is 271 g/mol. The van der Waals surface area contributed by atoms with E-state index in [1.165, 1.54) is 0 Å². The number of anilines is 1. The van der Waals surface area contributed by atoms with Crippen molar-refractivity contribution >= 4 is 22.8 Å². The van der Waals surface area contributed by atoms with Gasteiger partial charge in [-0.25, -0.2) is 9.97 Å². The molecule has 5 heteroatoms. The fourth-order valence-corrected chi connectivity index (χ4v) is 2.53. The Morgan fingerprint density at radius 2 is 2.00 bits per heavy atom. The van der Waals surface area contributed by atoms with Crippen LogP contribution in [0.25, 0.3) is 10.9 Å². The molecule has 0 bridgehead atoms. The third-order valence-corrected chi connectivity index (χ3v) is 4.14. The Bertz CT molecular complexity index is 648. The first-order valence-electron chi connectivity index (χ1n) is 6.79. The van der Waals surface area contributed by atoms with Gasteiger partial charge in [-0.15, -0.1) is 0 Å². The topological polar surface area (TPSA) is 66.3 Å². The average Bonchev–Trinajstić information content (AvgIpc) is 2.47. The maximum absolute atomic E-state index is 11.2. The first-order valence-corrected chi connectivity index (χ1v) is 6.79. The quantitative estimate of drug-likeness (QED) is 0.908. The van der Waals surface area contributed by atoms with Crippen molar-refractivity contribution in [2.75, 3.05) is 18.0 Å². The number of hydrogen-bond acceptors (Lipinski definition) is 4. The molecule has 104 valence electrons. The second kappa shape index (κ2) is 4.74. The SMILES string of the molecule is CC1(C(=O)O)CCN(c2ncc3ccccc3n2)CC1. The van der Waals surface area contributed by atoms with Crippen LogP contribution in [-0.4, -0.2) is 34.1 Å². The van der Waals surface area contributed by atoms with Gasteiger partial charge in [0.25, 0.3) is 0 Å². The van der Waals surface area contributed by atoms with E-state index in [1.807, 2.05) is 37.4 Å². The van der Waals surface area contributed by atoms with Gasteiger partial charge in [0.2, 0.25) is 5.95 Å². The molecule has 1 aliphatic rings. The minimum Gasteiger partial charge on any atom is -0.481 e. The summed E-state index contributed by atoms with van der Waals surface area (Å²) in [6, 6.07) is 7.87. The molecule has 0 spiro atoms. The Morgan fingerprint density at radius 1 is 1.30 bits per heavy atom. The van der Waals surface area contributed by atoms with E-state index >= 15 is 0 Å². The Kier molecular flexibility index (Phi) is 3.04. The van der Waals surface area contributed by atoms with Crippen LogP contribution in [0.2, 0.25) is 0 Å². The van der Waals surface area contributed by atoms with Crippen LogP contribution in [0, 0.1) is 5.41 Å². The molecule has 1 N–H and O–H groups in total. The summed E-state index contributed by atoms with van der Waals surface area (Å²) >= 11 is 0. The summed E-state index contributed by atoms with van der Waals surface area (Å²) in [6.07, 6.45) is 3.07. The summed E-state index contributed by atoms with van der Waals surface area (Å²) in [7, 11) is 0. The standard InChI is InChI=1S/C15H17N3O2/c1-15(13(19)20)6-8-18(9-7-15)14-16-10-11-4-2-3-5-12(11)17-14/h2-5,10H,6-9H2,1H3,(H,19,20). The highest BCUT2D eigenvalue weighted by Crippen LogP contribution is 2.32. The molecule has 0 radical (unpaired) electrons. The van der Waals surface area contributed by atoms with Crippen LogP contribution in [0.1, 0.15) is 19.8 Å². The molecule has 1 aromatic heterocycles. The lowest BCUT2D eigenvalue weighted by atomic mass is 9.80. The highest BCUT2D eigenvalue weighted by Gasteiger charge is 2.37. The lowest BCUT2D eigenvalue weighted by molar-refractivity contribution is -0.149. The van der Waals surface area contributed by atoms with Crippen molar-refractivity contribution in [1.29, 1.82) is 0 Å². The summed E-state index contributed by atoms with van der Waals surface area (Å²) in [4.78, 5) is 22.3. The summed E-state index contributed by atoms with van der Waals surface area (Å²) in [5.41, 5.74) is 0.303. The Balaban J connectivity index is 1.81. The number of nitrogens with zero attached hydrogens (tertiary/aromatic N) is 3. The zero-order valence-corrected chi connectivity index (χ0v) is 11.4. The van der Waals surface area contributed by atoms with Crippen molar-refractivity contribution in [3.05, 3.63) is 30.5 Å². The molecule has 0 aliphatic carbocycles. The van der Waals surface area contributed by atoms with Gasteiger partial charge < -0.3 is 10.0 Å². The van der Waals surface area contributed by atoms with Gasteiger partial charge in [-0.2, -0.15) is 0 Å². The summed E-state index contributed by atoms with van der Waals surface area (Å²) < 4.78 is 0. The molecule has 0 atom stereocenters. The fraction of sp³-hybridized carbons (Fsp3) is 0.400. The number of hydrogen-bond donors (Lipinski definition) is 1. The van der Waals surface area contributed by atoms with Crippen LogP contribution in [0.3, 0.4) is 0 Å². The smallest absolute Gasteiger partial charge is 0.309 e. The van der Waals surface area contributed by atoms with Crippen molar-refractivity contribution in [3.8, 4) is 0 Å². The van der Waals surface area contributed by atoms with Crippen molar-refractivity contribution in [3.63, 3.8) is 0 Å². The van der Waals surface area contributed by atoms with Crippen molar-refractivity contribution < 1.29 is 9.90 Å². The molecule has 1 aliphatic heterocycles. The van der Waals surface area contributed by atoms with E-state index in [9.17, 15) is 9.90 Å². The summed E-state index contributed by atoms with van der Waals surface area (Å²) in [5.74, 6) is -0.0206. The molecule has 20 heavy (non-hydrogen) atoms. The molecular formula is C15H17N3O2. The molecule has 1 fully saturated rings. The normalized spacial score (nSPS) is 18.1. The van der Waals surface area contributed by atoms with Crippen LogP contribution in [0.4, 0.5) is 5.95 Å². The number of aromatic nitrogens is 2. The van der Waals surface area contributed by atoms with Gasteiger partial charge >= 0.3 is 5.97 Å². The van der Waals surface area contributed by atoms with Crippen molar-refractivity contribution in [2.45, 2.75) is 19.8 Å². The van der Waals surface area contributed by atoms with E-state index in [4.69, 9.17) is 0 Å². The first kappa shape index (κ1) is 12.8. The van der Waals surface area contributed by atoms with Crippen LogP contribution in [0.5, 0.6) is 0 Å². The molecule has 1 aromatic carbocycles. The first-order chi connectivity index (χ1) is 9.58. The highest BCUT2D eigenvalue weighted by molar-refractivity contribution is 5.78. The predicted octanol–water partition coefficient (Wildman–Crippen LogP) is 2.32. The average molecular weight is 271 g/mol. The van der Waals surface area contributed by atoms with Crippen LogP contribution < -0.4 is 4.90 Å². The minimum atomic E-state index is -0.712. The summed E-state index contributed by atoms with van der Waals surface area (Å²) in [6.45, 7) is 3.18. The van der Waals surface area contributed by atoms with Crippen molar-refractivity contribution in [1.82, 2.24) is 9.97 Å². The third-order valence-electron chi connectivity index (χ3n) is 4.14. The zero-order chi connectivity index (χ0) is 14.2. The number of aliphatic carboxylic acids is 1. The van der Waals surface area contributed by atoms with Gasteiger partial charge in [-0.3, -0.25) is 4.79 Å². The van der Waals surface area contributed by atoms with E-state index < -0.39 is 11.4 Å². The van der Waals surface area contributed by atoms with E-state index in [1.54, 1.807) is 0 Å². The number of carboxylic acid groups (broad SMARTS) is 1. The molecular weight excluding hydrogens is 254 g/mol. The van der Waals surface area contributed by atoms with Gasteiger partial charge in [-0.1, -0.05) is 18.2 Å². The maximum atomic E-state index is 11.2. The number of carboxylic acids is 1. The van der Waals surface area contributed by atoms with E-state index in [2.05, 4.69) is 14.9 Å². The molecule has 2 aromatic rings. The highest BCUT2D eigenvalue weighted by atomic mass is 16.4. The molecule has 5 nitrogen and oxygen atoms in total. The van der Waals surface area contributed by atoms with E-state index in [0.717, 1.165) is 10.9 Å². The van der Waals surface area contributed by atoms with Crippen molar-refractivity contribution in [2.24, 2.45) is 5.41 Å². The molecule has 3 rings (SSSR count). The third kappa shape index (κ3) is 2.19. The number of para-hydroxylation sites is 1. The number of rotatable bonds is 2. The Labute approximate surface area is 117 Å². The minimum absolute atomic E-state index is 0.618. The zero-order valence-electron chi connectivity index (χ0n) is 11.4. The van der Waals surface area contributed by atoms with Gasteiger partial charge in [0, 0.05) is 24.7 Å². The predicted molar refractivity (Wildman–Crippen MR) is 76.7 cm³/mol. The number of carbonyl (C=O) groups is 1. The lowest BCUT2D eigenvalue weighted by Gasteiger charge is -2.36. The van der Waals surface area contributed by atoms with E-state index in [-0.39, 0.29) is 0 Å². The molecule has 2 heterocycles. The van der Waals surface area contributed by atoms with Gasteiger partial charge in [-0.05, 0) is 25.8 Å². The van der Waals surface area contributed by atoms with Gasteiger partial charge in [0.15, 0.2) is 0 Å². The largest absolute Gasteiger partial charge is 0.481 e. The second-order valence-electron chi connectivity index (χ2n) is 5.58. The fourth-order valence-electron chi connectivity index (χ4n) is 2.53. The molecule has 0 unspecified atom stereocenters. The van der Waals surface area contributed by atoms with E-state index in [0.29, 0.717) is 31.9 Å². The number of piperidine rings is 1. The number of benzene rings is 1. The maximum Gasteiger partial charge on any atom is 0.309 e. The second-order valence-corrected chi connectivity index (χ2v) is 5.58. The van der Waals surface area contributed by atoms with Crippen LogP contribution >= 0.6 is 0 Å². The van der Waals surface area contributed by atoms with Crippen LogP contribution in [-0.2, 0) is 4.79 Å². The summed E-state index contributed by atoms with van der Waals surface area (Å²) in [5, 5.41) is 10.3. The molecule has 1 saturated heterocycles. The van der Waals surface area contributed by atoms with Gasteiger partial charge in [0.1, 0.15) is 0 Å². The molecule has 0 saturated carbocycles. The van der Waals surface area contributed by atoms with Crippen LogP contribution in [0.15, 0.2) is 30.5 Å². The lowest BCUT2D eigenvalue weighted by Crippen LogP contribution is -2.43. The Hall–Kier alpha value is -2.17. The van der Waals surface area contributed by atoms with Gasteiger partial charge in [0.05, 0.1) is 10.9 Å². The Morgan fingerprint density at radius 3 is 2.70 bits per heavy atom. The number of fused-ring (bicyclic) bond motifs is 1. The molecule has 0 amide bonds.